The van der Waals surface area contributed by atoms with Gasteiger partial charge in [-0.15, -0.1) is 0 Å². The lowest BCUT2D eigenvalue weighted by Gasteiger charge is -2.41. The van der Waals surface area contributed by atoms with Crippen molar-refractivity contribution in [2.75, 3.05) is 7.11 Å². The SMILES string of the molecule is COc1ccc([C@@H]2C[C@H]3C[C@H]2C(C)(C)[C@H]3C)cc1O. The minimum Gasteiger partial charge on any atom is -0.504 e. The number of fused-ring (bicyclic) bond motifs is 2. The van der Waals surface area contributed by atoms with Gasteiger partial charge in [-0.25, -0.2) is 0 Å². The molecule has 0 aliphatic heterocycles. The molecule has 2 saturated carbocycles. The van der Waals surface area contributed by atoms with E-state index in [1.54, 1.807) is 7.11 Å². The van der Waals surface area contributed by atoms with E-state index in [-0.39, 0.29) is 5.75 Å². The molecule has 2 aliphatic rings. The maximum absolute atomic E-state index is 9.98. The van der Waals surface area contributed by atoms with E-state index in [9.17, 15) is 5.11 Å². The van der Waals surface area contributed by atoms with Gasteiger partial charge < -0.3 is 9.84 Å². The maximum Gasteiger partial charge on any atom is 0.160 e. The third kappa shape index (κ3) is 1.76. The van der Waals surface area contributed by atoms with Crippen molar-refractivity contribution in [3.8, 4) is 11.5 Å². The molecule has 2 nitrogen and oxygen atoms in total. The average Bonchev–Trinajstić information content (AvgIpc) is 2.90. The number of aromatic hydroxyl groups is 1. The van der Waals surface area contributed by atoms with Crippen molar-refractivity contribution >= 4 is 0 Å². The van der Waals surface area contributed by atoms with Gasteiger partial charge in [0, 0.05) is 0 Å². The zero-order valence-corrected chi connectivity index (χ0v) is 12.3. The van der Waals surface area contributed by atoms with Crippen LogP contribution in [0.4, 0.5) is 0 Å². The standard InChI is InChI=1S/C17H24O2/c1-10-12-7-13(14(8-12)17(10,2)3)11-5-6-16(19-4)15(18)9-11/h5-6,9-10,12-14,18H,7-8H2,1-4H3/t10-,12-,13-,14+/m0/s1. The van der Waals surface area contributed by atoms with Crippen LogP contribution in [0.15, 0.2) is 18.2 Å². The largest absolute Gasteiger partial charge is 0.504 e. The normalized spacial score (nSPS) is 35.6. The van der Waals surface area contributed by atoms with Crippen molar-refractivity contribution in [3.05, 3.63) is 23.8 Å². The van der Waals surface area contributed by atoms with Crippen LogP contribution in [-0.4, -0.2) is 12.2 Å². The Labute approximate surface area is 115 Å². The zero-order chi connectivity index (χ0) is 13.8. The molecule has 19 heavy (non-hydrogen) atoms. The van der Waals surface area contributed by atoms with Gasteiger partial charge in [0.2, 0.25) is 0 Å². The smallest absolute Gasteiger partial charge is 0.160 e. The molecule has 4 atom stereocenters. The highest BCUT2D eigenvalue weighted by Gasteiger charge is 2.55. The molecule has 1 aromatic carbocycles. The van der Waals surface area contributed by atoms with Gasteiger partial charge in [0.15, 0.2) is 11.5 Å². The number of methoxy groups -OCH3 is 1. The van der Waals surface area contributed by atoms with Gasteiger partial charge in [0.1, 0.15) is 0 Å². The van der Waals surface area contributed by atoms with Crippen molar-refractivity contribution in [3.63, 3.8) is 0 Å². The minimum atomic E-state index is 0.272. The fourth-order valence-electron chi connectivity index (χ4n) is 4.56. The molecule has 0 spiro atoms. The molecule has 0 aromatic heterocycles. The molecule has 2 heteroatoms. The second-order valence-electron chi connectivity index (χ2n) is 6.99. The van der Waals surface area contributed by atoms with Gasteiger partial charge >= 0.3 is 0 Å². The average molecular weight is 260 g/mol. The van der Waals surface area contributed by atoms with Gasteiger partial charge in [-0.3, -0.25) is 0 Å². The van der Waals surface area contributed by atoms with E-state index in [0.717, 1.165) is 17.8 Å². The van der Waals surface area contributed by atoms with Gasteiger partial charge in [0.25, 0.3) is 0 Å². The summed E-state index contributed by atoms with van der Waals surface area (Å²) in [7, 11) is 1.59. The monoisotopic (exact) mass is 260 g/mol. The van der Waals surface area contributed by atoms with Crippen LogP contribution in [0.1, 0.15) is 45.1 Å². The van der Waals surface area contributed by atoms with Crippen LogP contribution in [0, 0.1) is 23.2 Å². The summed E-state index contributed by atoms with van der Waals surface area (Å²) in [5.41, 5.74) is 1.70. The Morgan fingerprint density at radius 1 is 1.26 bits per heavy atom. The van der Waals surface area contributed by atoms with Crippen LogP contribution in [0.2, 0.25) is 0 Å². The summed E-state index contributed by atoms with van der Waals surface area (Å²) in [5.74, 6) is 3.87. The van der Waals surface area contributed by atoms with Crippen LogP contribution in [0.25, 0.3) is 0 Å². The summed E-state index contributed by atoms with van der Waals surface area (Å²) >= 11 is 0. The minimum absolute atomic E-state index is 0.272. The Bertz CT molecular complexity index is 492. The molecule has 0 amide bonds. The van der Waals surface area contributed by atoms with E-state index >= 15 is 0 Å². The van der Waals surface area contributed by atoms with Crippen LogP contribution < -0.4 is 4.74 Å². The van der Waals surface area contributed by atoms with Crippen molar-refractivity contribution in [2.45, 2.75) is 39.5 Å². The Kier molecular flexibility index (Phi) is 2.81. The Morgan fingerprint density at radius 2 is 2.00 bits per heavy atom. The summed E-state index contributed by atoms with van der Waals surface area (Å²) in [5, 5.41) is 9.98. The summed E-state index contributed by atoms with van der Waals surface area (Å²) in [4.78, 5) is 0. The second kappa shape index (κ2) is 4.16. The van der Waals surface area contributed by atoms with Gasteiger partial charge in [-0.05, 0) is 59.6 Å². The van der Waals surface area contributed by atoms with Gasteiger partial charge in [0.05, 0.1) is 7.11 Å². The summed E-state index contributed by atoms with van der Waals surface area (Å²) in [6.45, 7) is 7.24. The molecule has 1 aromatic rings. The molecule has 0 saturated heterocycles. The number of phenols is 1. The quantitative estimate of drug-likeness (QED) is 0.864. The predicted octanol–water partition coefficient (Wildman–Crippen LogP) is 4.19. The van der Waals surface area contributed by atoms with Crippen molar-refractivity contribution in [1.82, 2.24) is 0 Å². The summed E-state index contributed by atoms with van der Waals surface area (Å²) in [6.07, 6.45) is 2.63. The van der Waals surface area contributed by atoms with E-state index in [2.05, 4.69) is 26.8 Å². The van der Waals surface area contributed by atoms with E-state index in [1.807, 2.05) is 12.1 Å². The molecule has 2 bridgehead atoms. The number of hydrogen-bond donors (Lipinski definition) is 1. The fraction of sp³-hybridized carbons (Fsp3) is 0.647. The Morgan fingerprint density at radius 3 is 2.53 bits per heavy atom. The van der Waals surface area contributed by atoms with Crippen molar-refractivity contribution in [1.29, 1.82) is 0 Å². The molecule has 2 aliphatic carbocycles. The zero-order valence-electron chi connectivity index (χ0n) is 12.3. The molecule has 3 rings (SSSR count). The lowest BCUT2D eigenvalue weighted by Crippen LogP contribution is -2.32. The highest BCUT2D eigenvalue weighted by Crippen LogP contribution is 2.64. The molecule has 0 radical (unpaired) electrons. The Balaban J connectivity index is 1.91. The van der Waals surface area contributed by atoms with Gasteiger partial charge in [-0.2, -0.15) is 0 Å². The number of hydrogen-bond acceptors (Lipinski definition) is 2. The summed E-state index contributed by atoms with van der Waals surface area (Å²) < 4.78 is 5.13. The first-order valence-electron chi connectivity index (χ1n) is 7.32. The number of benzene rings is 1. The molecule has 1 N–H and O–H groups in total. The first-order chi connectivity index (χ1) is 8.95. The van der Waals surface area contributed by atoms with Crippen LogP contribution >= 0.6 is 0 Å². The van der Waals surface area contributed by atoms with E-state index in [4.69, 9.17) is 4.74 Å². The fourth-order valence-corrected chi connectivity index (χ4v) is 4.56. The van der Waals surface area contributed by atoms with E-state index < -0.39 is 0 Å². The third-order valence-electron chi connectivity index (χ3n) is 6.07. The Hall–Kier alpha value is -1.18. The first kappa shape index (κ1) is 12.8. The molecule has 104 valence electrons. The maximum atomic E-state index is 9.98. The second-order valence-corrected chi connectivity index (χ2v) is 6.99. The number of phenolic OH excluding ortho intramolecular Hbond substituents is 1. The van der Waals surface area contributed by atoms with Crippen molar-refractivity contribution < 1.29 is 9.84 Å². The van der Waals surface area contributed by atoms with Crippen molar-refractivity contribution in [2.24, 2.45) is 23.2 Å². The molecular weight excluding hydrogens is 236 g/mol. The number of rotatable bonds is 2. The lowest BCUT2D eigenvalue weighted by atomic mass is 9.64. The molecule has 0 heterocycles. The predicted molar refractivity (Wildman–Crippen MR) is 76.6 cm³/mol. The highest BCUT2D eigenvalue weighted by atomic mass is 16.5. The molecular formula is C17H24O2. The van der Waals surface area contributed by atoms with Crippen LogP contribution in [0.5, 0.6) is 11.5 Å². The van der Waals surface area contributed by atoms with Crippen LogP contribution in [0.3, 0.4) is 0 Å². The summed E-state index contributed by atoms with van der Waals surface area (Å²) in [6, 6.07) is 5.93. The van der Waals surface area contributed by atoms with E-state index in [1.165, 1.54) is 18.4 Å². The highest BCUT2D eigenvalue weighted by molar-refractivity contribution is 5.43. The van der Waals surface area contributed by atoms with E-state index in [0.29, 0.717) is 17.1 Å². The molecule has 0 unspecified atom stereocenters. The third-order valence-corrected chi connectivity index (χ3v) is 6.07. The number of ether oxygens (including phenoxy) is 1. The first-order valence-corrected chi connectivity index (χ1v) is 7.32. The molecule has 2 fully saturated rings. The van der Waals surface area contributed by atoms with Gasteiger partial charge in [-0.1, -0.05) is 26.8 Å². The van der Waals surface area contributed by atoms with Crippen LogP contribution in [-0.2, 0) is 0 Å². The topological polar surface area (TPSA) is 29.5 Å². The lowest BCUT2D eigenvalue weighted by molar-refractivity contribution is 0.118.